The Kier molecular flexibility index (Phi) is 8.71. The van der Waals surface area contributed by atoms with E-state index < -0.39 is 0 Å². The van der Waals surface area contributed by atoms with E-state index in [0.29, 0.717) is 18.1 Å². The van der Waals surface area contributed by atoms with Gasteiger partial charge >= 0.3 is 5.97 Å². The fourth-order valence-corrected chi connectivity index (χ4v) is 1.12. The molecule has 0 radical (unpaired) electrons. The lowest BCUT2D eigenvalue weighted by molar-refractivity contribution is -0.140. The van der Waals surface area contributed by atoms with Gasteiger partial charge in [-0.3, -0.25) is 4.79 Å². The van der Waals surface area contributed by atoms with Crippen molar-refractivity contribution in [2.45, 2.75) is 19.8 Å². The molecule has 0 rings (SSSR count). The summed E-state index contributed by atoms with van der Waals surface area (Å²) in [6, 6.07) is 0. The van der Waals surface area contributed by atoms with Gasteiger partial charge in [-0.2, -0.15) is 0 Å². The zero-order chi connectivity index (χ0) is 9.23. The summed E-state index contributed by atoms with van der Waals surface area (Å²) in [6.07, 6.45) is 1.97. The van der Waals surface area contributed by atoms with E-state index in [1.807, 2.05) is 6.92 Å². The van der Waals surface area contributed by atoms with Crippen LogP contribution < -0.4 is 0 Å². The second-order valence-corrected chi connectivity index (χ2v) is 3.46. The van der Waals surface area contributed by atoms with Gasteiger partial charge in [-0.25, -0.2) is 0 Å². The van der Waals surface area contributed by atoms with E-state index in [0.717, 1.165) is 12.8 Å². The van der Waals surface area contributed by atoms with E-state index in [1.165, 1.54) is 11.8 Å². The second-order valence-electron chi connectivity index (χ2n) is 2.35. The van der Waals surface area contributed by atoms with Gasteiger partial charge < -0.3 is 9.84 Å². The van der Waals surface area contributed by atoms with Gasteiger partial charge in [0.15, 0.2) is 0 Å². The first-order chi connectivity index (χ1) is 5.81. The normalized spacial score (nSPS) is 9.83. The molecule has 0 saturated carbocycles. The number of esters is 1. The lowest BCUT2D eigenvalue weighted by atomic mass is 10.4. The molecule has 0 aromatic heterocycles. The molecule has 1 N–H and O–H groups in total. The standard InChI is InChI=1S/C8H16O3S/c1-2-3-5-11-8(10)7-12-6-4-9/h9H,2-7H2,1H3. The van der Waals surface area contributed by atoms with Crippen molar-refractivity contribution in [3.8, 4) is 0 Å². The van der Waals surface area contributed by atoms with Gasteiger partial charge in [-0.1, -0.05) is 13.3 Å². The van der Waals surface area contributed by atoms with Crippen molar-refractivity contribution < 1.29 is 14.6 Å². The van der Waals surface area contributed by atoms with Crippen molar-refractivity contribution in [3.05, 3.63) is 0 Å². The van der Waals surface area contributed by atoms with Crippen LogP contribution in [-0.2, 0) is 9.53 Å². The summed E-state index contributed by atoms with van der Waals surface area (Å²) >= 11 is 1.39. The molecule has 0 saturated heterocycles. The molecule has 0 atom stereocenters. The Bertz CT molecular complexity index is 105. The van der Waals surface area contributed by atoms with Crippen LogP contribution >= 0.6 is 11.8 Å². The van der Waals surface area contributed by atoms with Crippen LogP contribution in [0.25, 0.3) is 0 Å². The van der Waals surface area contributed by atoms with Crippen LogP contribution in [-0.4, -0.2) is 35.8 Å². The van der Waals surface area contributed by atoms with Crippen LogP contribution in [0.1, 0.15) is 19.8 Å². The maximum absolute atomic E-state index is 10.9. The first-order valence-electron chi connectivity index (χ1n) is 4.15. The molecule has 0 aromatic rings. The van der Waals surface area contributed by atoms with Gasteiger partial charge in [-0.05, 0) is 6.42 Å². The van der Waals surface area contributed by atoms with E-state index in [-0.39, 0.29) is 12.6 Å². The molecule has 0 aliphatic carbocycles. The highest BCUT2D eigenvalue weighted by molar-refractivity contribution is 7.99. The fourth-order valence-electron chi connectivity index (χ4n) is 0.592. The minimum atomic E-state index is -0.179. The maximum Gasteiger partial charge on any atom is 0.315 e. The summed E-state index contributed by atoms with van der Waals surface area (Å²) in [5.41, 5.74) is 0. The zero-order valence-electron chi connectivity index (χ0n) is 7.41. The van der Waals surface area contributed by atoms with Crippen LogP contribution in [0.3, 0.4) is 0 Å². The van der Waals surface area contributed by atoms with Crippen molar-refractivity contribution in [1.29, 1.82) is 0 Å². The van der Waals surface area contributed by atoms with E-state index in [4.69, 9.17) is 9.84 Å². The highest BCUT2D eigenvalue weighted by Crippen LogP contribution is 1.99. The van der Waals surface area contributed by atoms with Gasteiger partial charge in [-0.15, -0.1) is 11.8 Å². The Balaban J connectivity index is 3.10. The van der Waals surface area contributed by atoms with Crippen LogP contribution in [0, 0.1) is 0 Å². The van der Waals surface area contributed by atoms with Crippen LogP contribution in [0.4, 0.5) is 0 Å². The van der Waals surface area contributed by atoms with E-state index in [9.17, 15) is 4.79 Å². The van der Waals surface area contributed by atoms with E-state index >= 15 is 0 Å². The third kappa shape index (κ3) is 7.88. The van der Waals surface area contributed by atoms with Crippen LogP contribution in [0.5, 0.6) is 0 Å². The molecule has 3 nitrogen and oxygen atoms in total. The first kappa shape index (κ1) is 11.8. The lowest BCUT2D eigenvalue weighted by Crippen LogP contribution is -2.09. The average molecular weight is 192 g/mol. The van der Waals surface area contributed by atoms with Gasteiger partial charge in [0.1, 0.15) is 0 Å². The largest absolute Gasteiger partial charge is 0.465 e. The molecule has 12 heavy (non-hydrogen) atoms. The molecule has 0 fully saturated rings. The van der Waals surface area contributed by atoms with E-state index in [2.05, 4.69) is 0 Å². The molecule has 4 heteroatoms. The lowest BCUT2D eigenvalue weighted by Gasteiger charge is -2.02. The Morgan fingerprint density at radius 1 is 1.58 bits per heavy atom. The molecule has 0 unspecified atom stereocenters. The number of aliphatic hydroxyl groups excluding tert-OH is 1. The van der Waals surface area contributed by atoms with Crippen molar-refractivity contribution in [1.82, 2.24) is 0 Å². The number of carbonyl (C=O) groups excluding carboxylic acids is 1. The maximum atomic E-state index is 10.9. The number of carbonyl (C=O) groups is 1. The molecule has 0 spiro atoms. The predicted octanol–water partition coefficient (Wildman–Crippen LogP) is 1.06. The number of thioether (sulfide) groups is 1. The summed E-state index contributed by atoms with van der Waals surface area (Å²) in [4.78, 5) is 10.9. The first-order valence-corrected chi connectivity index (χ1v) is 5.31. The van der Waals surface area contributed by atoms with Crippen molar-refractivity contribution in [2.24, 2.45) is 0 Å². The molecule has 0 bridgehead atoms. The predicted molar refractivity (Wildman–Crippen MR) is 50.3 cm³/mol. The molecular weight excluding hydrogens is 176 g/mol. The number of hydrogen-bond donors (Lipinski definition) is 1. The number of hydrogen-bond acceptors (Lipinski definition) is 4. The van der Waals surface area contributed by atoms with E-state index in [1.54, 1.807) is 0 Å². The summed E-state index contributed by atoms with van der Waals surface area (Å²) in [5.74, 6) is 0.773. The highest BCUT2D eigenvalue weighted by atomic mass is 32.2. The zero-order valence-corrected chi connectivity index (χ0v) is 8.23. The summed E-state index contributed by atoms with van der Waals surface area (Å²) in [7, 11) is 0. The number of unbranched alkanes of at least 4 members (excludes halogenated alkanes) is 1. The monoisotopic (exact) mass is 192 g/mol. The number of rotatable bonds is 7. The van der Waals surface area contributed by atoms with Crippen molar-refractivity contribution in [2.75, 3.05) is 24.7 Å². The Morgan fingerprint density at radius 2 is 2.33 bits per heavy atom. The number of ether oxygens (including phenoxy) is 1. The summed E-state index contributed by atoms with van der Waals surface area (Å²) in [6.45, 7) is 2.69. The molecule has 0 aliphatic heterocycles. The minimum Gasteiger partial charge on any atom is -0.465 e. The molecule has 72 valence electrons. The molecule has 0 heterocycles. The fraction of sp³-hybridized carbons (Fsp3) is 0.875. The number of aliphatic hydroxyl groups is 1. The van der Waals surface area contributed by atoms with Gasteiger partial charge in [0.05, 0.1) is 19.0 Å². The minimum absolute atomic E-state index is 0.118. The van der Waals surface area contributed by atoms with Gasteiger partial charge in [0.25, 0.3) is 0 Å². The summed E-state index contributed by atoms with van der Waals surface area (Å²) in [5, 5.41) is 8.42. The quantitative estimate of drug-likeness (QED) is 0.484. The smallest absolute Gasteiger partial charge is 0.315 e. The average Bonchev–Trinajstić information content (AvgIpc) is 2.06. The molecular formula is C8H16O3S. The Morgan fingerprint density at radius 3 is 2.92 bits per heavy atom. The third-order valence-corrected chi connectivity index (χ3v) is 2.13. The second kappa shape index (κ2) is 8.87. The third-order valence-electron chi connectivity index (χ3n) is 1.22. The van der Waals surface area contributed by atoms with Crippen molar-refractivity contribution in [3.63, 3.8) is 0 Å². The van der Waals surface area contributed by atoms with Crippen molar-refractivity contribution >= 4 is 17.7 Å². The van der Waals surface area contributed by atoms with Crippen LogP contribution in [0.2, 0.25) is 0 Å². The summed E-state index contributed by atoms with van der Waals surface area (Å²) < 4.78 is 4.89. The topological polar surface area (TPSA) is 46.5 Å². The van der Waals surface area contributed by atoms with Gasteiger partial charge in [0, 0.05) is 5.75 Å². The Hall–Kier alpha value is -0.220. The molecule has 0 aliphatic rings. The SMILES string of the molecule is CCCCOC(=O)CSCCO. The molecule has 0 amide bonds. The highest BCUT2D eigenvalue weighted by Gasteiger charge is 2.00. The van der Waals surface area contributed by atoms with Gasteiger partial charge in [0.2, 0.25) is 0 Å². The Labute approximate surface area is 77.5 Å². The molecule has 0 aromatic carbocycles. The van der Waals surface area contributed by atoms with Crippen LogP contribution in [0.15, 0.2) is 0 Å².